The third-order valence-electron chi connectivity index (χ3n) is 1.95. The number of nitro groups is 1. The van der Waals surface area contributed by atoms with Crippen LogP contribution >= 0.6 is 11.6 Å². The van der Waals surface area contributed by atoms with Gasteiger partial charge >= 0.3 is 0 Å². The van der Waals surface area contributed by atoms with Crippen molar-refractivity contribution in [3.8, 4) is 12.1 Å². The average molecular weight is 264 g/mol. The van der Waals surface area contributed by atoms with Crippen molar-refractivity contribution in [1.82, 2.24) is 0 Å². The van der Waals surface area contributed by atoms with Crippen LogP contribution in [-0.2, 0) is 0 Å². The van der Waals surface area contributed by atoms with Crippen LogP contribution in [0.3, 0.4) is 0 Å². The number of aliphatic imine (C=N–C) groups is 1. The predicted molar refractivity (Wildman–Crippen MR) is 64.5 cm³/mol. The number of hydrogen-bond acceptors (Lipinski definition) is 5. The maximum absolute atomic E-state index is 10.8. The molecule has 0 heterocycles. The number of nitro benzene ring substituents is 1. The molecule has 0 unspecified atom stereocenters. The summed E-state index contributed by atoms with van der Waals surface area (Å²) in [6.07, 6.45) is 0. The van der Waals surface area contributed by atoms with Crippen molar-refractivity contribution >= 4 is 28.8 Å². The van der Waals surface area contributed by atoms with Crippen LogP contribution in [0.4, 0.5) is 11.4 Å². The molecule has 1 rings (SSSR count). The van der Waals surface area contributed by atoms with E-state index in [0.29, 0.717) is 0 Å². The molecule has 7 nitrogen and oxygen atoms in total. The maximum atomic E-state index is 10.8. The fraction of sp³-hybridized carbons (Fsp3) is 0.100. The molecule has 0 atom stereocenters. The summed E-state index contributed by atoms with van der Waals surface area (Å²) in [5.74, 6) is -0.118. The van der Waals surface area contributed by atoms with E-state index in [9.17, 15) is 10.1 Å². The lowest BCUT2D eigenvalue weighted by atomic mass is 10.1. The normalized spacial score (nSPS) is 10.5. The molecular formula is C10H6ClN5O2. The first-order valence-corrected chi connectivity index (χ1v) is 5.08. The van der Waals surface area contributed by atoms with Gasteiger partial charge in [-0.3, -0.25) is 10.1 Å². The number of halogens is 1. The third kappa shape index (κ3) is 2.73. The Morgan fingerprint density at radius 3 is 2.44 bits per heavy atom. The Kier molecular flexibility index (Phi) is 4.19. The van der Waals surface area contributed by atoms with E-state index in [1.54, 1.807) is 12.1 Å². The Balaban J connectivity index is 3.55. The minimum Gasteiger partial charge on any atom is -0.386 e. The van der Waals surface area contributed by atoms with Gasteiger partial charge in [-0.25, -0.2) is 4.99 Å². The van der Waals surface area contributed by atoms with Crippen molar-refractivity contribution in [2.24, 2.45) is 10.7 Å². The van der Waals surface area contributed by atoms with E-state index >= 15 is 0 Å². The Labute approximate surface area is 107 Å². The molecule has 0 saturated heterocycles. The summed E-state index contributed by atoms with van der Waals surface area (Å²) in [7, 11) is 0. The van der Waals surface area contributed by atoms with Crippen LogP contribution in [0.2, 0.25) is 0 Å². The number of benzene rings is 1. The first-order chi connectivity index (χ1) is 8.53. The van der Waals surface area contributed by atoms with Gasteiger partial charge in [-0.2, -0.15) is 10.5 Å². The van der Waals surface area contributed by atoms with Crippen LogP contribution in [0.5, 0.6) is 0 Å². The van der Waals surface area contributed by atoms with E-state index in [-0.39, 0.29) is 28.5 Å². The predicted octanol–water partition coefficient (Wildman–Crippen LogP) is 1.57. The lowest BCUT2D eigenvalue weighted by Crippen LogP contribution is -2.12. The molecule has 1 aromatic carbocycles. The van der Waals surface area contributed by atoms with E-state index in [4.69, 9.17) is 27.9 Å². The lowest BCUT2D eigenvalue weighted by molar-refractivity contribution is -0.384. The zero-order valence-corrected chi connectivity index (χ0v) is 9.68. The van der Waals surface area contributed by atoms with Gasteiger partial charge in [0.1, 0.15) is 23.7 Å². The average Bonchev–Trinajstić information content (AvgIpc) is 2.37. The van der Waals surface area contributed by atoms with E-state index in [1.165, 1.54) is 0 Å². The number of hydrogen-bond donors (Lipinski definition) is 1. The van der Waals surface area contributed by atoms with Gasteiger partial charge < -0.3 is 5.73 Å². The molecule has 0 saturated carbocycles. The zero-order chi connectivity index (χ0) is 13.7. The van der Waals surface area contributed by atoms with Gasteiger partial charge in [-0.05, 0) is 6.07 Å². The van der Waals surface area contributed by atoms with E-state index in [0.717, 1.165) is 12.1 Å². The molecule has 0 radical (unpaired) electrons. The van der Waals surface area contributed by atoms with Crippen molar-refractivity contribution in [3.05, 3.63) is 33.4 Å². The molecule has 0 aromatic heterocycles. The number of nitrogens with two attached hydrogens (primary N) is 1. The molecular weight excluding hydrogens is 258 g/mol. The van der Waals surface area contributed by atoms with Crippen molar-refractivity contribution in [2.75, 3.05) is 5.88 Å². The second-order valence-corrected chi connectivity index (χ2v) is 3.37. The fourth-order valence-electron chi connectivity index (χ4n) is 1.18. The van der Waals surface area contributed by atoms with Crippen LogP contribution in [0.25, 0.3) is 0 Å². The van der Waals surface area contributed by atoms with Crippen molar-refractivity contribution < 1.29 is 4.92 Å². The maximum Gasteiger partial charge on any atom is 0.296 e. The second-order valence-electron chi connectivity index (χ2n) is 3.10. The van der Waals surface area contributed by atoms with E-state index in [1.807, 2.05) is 0 Å². The molecule has 1 aromatic rings. The van der Waals surface area contributed by atoms with Crippen LogP contribution in [-0.4, -0.2) is 16.6 Å². The summed E-state index contributed by atoms with van der Waals surface area (Å²) in [5, 5.41) is 28.4. The SMILES string of the molecule is N#Cc1cc(N=C(N)CCl)c([N+](=O)[O-])cc1C#N. The fourth-order valence-corrected chi connectivity index (χ4v) is 1.24. The molecule has 0 aliphatic heterocycles. The first-order valence-electron chi connectivity index (χ1n) is 4.55. The summed E-state index contributed by atoms with van der Waals surface area (Å²) in [5.41, 5.74) is 4.78. The van der Waals surface area contributed by atoms with Gasteiger partial charge in [-0.1, -0.05) is 0 Å². The zero-order valence-electron chi connectivity index (χ0n) is 8.92. The van der Waals surface area contributed by atoms with Gasteiger partial charge in [0.2, 0.25) is 0 Å². The summed E-state index contributed by atoms with van der Waals surface area (Å²) < 4.78 is 0. The van der Waals surface area contributed by atoms with Gasteiger partial charge in [0.15, 0.2) is 0 Å². The van der Waals surface area contributed by atoms with Crippen molar-refractivity contribution in [1.29, 1.82) is 10.5 Å². The number of amidine groups is 1. The summed E-state index contributed by atoms with van der Waals surface area (Å²) in [6.45, 7) is 0. The highest BCUT2D eigenvalue weighted by Gasteiger charge is 2.18. The molecule has 0 aliphatic rings. The monoisotopic (exact) mass is 263 g/mol. The van der Waals surface area contributed by atoms with Gasteiger partial charge in [0.05, 0.1) is 21.9 Å². The molecule has 90 valence electrons. The quantitative estimate of drug-likeness (QED) is 0.291. The molecule has 0 amide bonds. The molecule has 0 spiro atoms. The summed E-state index contributed by atoms with van der Waals surface area (Å²) in [4.78, 5) is 13.9. The Morgan fingerprint density at radius 1 is 1.44 bits per heavy atom. The van der Waals surface area contributed by atoms with Crippen LogP contribution in [0.15, 0.2) is 17.1 Å². The minimum absolute atomic E-state index is 0.00998. The lowest BCUT2D eigenvalue weighted by Gasteiger charge is -2.01. The van der Waals surface area contributed by atoms with Crippen molar-refractivity contribution in [2.45, 2.75) is 0 Å². The van der Waals surface area contributed by atoms with Gasteiger partial charge in [0, 0.05) is 6.07 Å². The van der Waals surface area contributed by atoms with Gasteiger partial charge in [-0.15, -0.1) is 11.6 Å². The van der Waals surface area contributed by atoms with Crippen LogP contribution < -0.4 is 5.73 Å². The highest BCUT2D eigenvalue weighted by Crippen LogP contribution is 2.30. The molecule has 8 heteroatoms. The van der Waals surface area contributed by atoms with Gasteiger partial charge in [0.25, 0.3) is 5.69 Å². The number of alkyl halides is 1. The Bertz CT molecular complexity index is 612. The summed E-state index contributed by atoms with van der Waals surface area (Å²) >= 11 is 5.42. The van der Waals surface area contributed by atoms with E-state index < -0.39 is 10.6 Å². The highest BCUT2D eigenvalue weighted by atomic mass is 35.5. The molecule has 0 aliphatic carbocycles. The third-order valence-corrected chi connectivity index (χ3v) is 2.23. The number of rotatable bonds is 3. The Hall–Kier alpha value is -2.64. The summed E-state index contributed by atoms with van der Waals surface area (Å²) in [6, 6.07) is 5.58. The Morgan fingerprint density at radius 2 is 2.00 bits per heavy atom. The standard InChI is InChI=1S/C10H6ClN5O2/c11-3-10(14)15-8-1-6(4-12)7(5-13)2-9(8)16(17)18/h1-2H,3H2,(H2,14,15). The molecule has 2 N–H and O–H groups in total. The smallest absolute Gasteiger partial charge is 0.296 e. The number of nitriles is 2. The van der Waals surface area contributed by atoms with Crippen molar-refractivity contribution in [3.63, 3.8) is 0 Å². The van der Waals surface area contributed by atoms with Crippen LogP contribution in [0, 0.1) is 32.8 Å². The molecule has 0 fully saturated rings. The second kappa shape index (κ2) is 5.62. The molecule has 0 bridgehead atoms. The molecule has 18 heavy (non-hydrogen) atoms. The highest BCUT2D eigenvalue weighted by molar-refractivity contribution is 6.28. The topological polar surface area (TPSA) is 129 Å². The van der Waals surface area contributed by atoms with Crippen LogP contribution in [0.1, 0.15) is 11.1 Å². The largest absolute Gasteiger partial charge is 0.386 e. The minimum atomic E-state index is -0.706. The first kappa shape index (κ1) is 13.4. The number of nitrogens with zero attached hydrogens (tertiary/aromatic N) is 4. The van der Waals surface area contributed by atoms with E-state index in [2.05, 4.69) is 4.99 Å².